The van der Waals surface area contributed by atoms with E-state index in [1.165, 1.54) is 6.07 Å². The molecule has 0 aliphatic heterocycles. The fourth-order valence-electron chi connectivity index (χ4n) is 2.47. The van der Waals surface area contributed by atoms with Gasteiger partial charge in [-0.3, -0.25) is 9.59 Å². The molecular formula is C19H19F3N2O2. The molecule has 0 aromatic heterocycles. The molecule has 0 saturated carbocycles. The van der Waals surface area contributed by atoms with E-state index in [4.69, 9.17) is 0 Å². The zero-order valence-corrected chi connectivity index (χ0v) is 14.6. The van der Waals surface area contributed by atoms with Crippen molar-refractivity contribution < 1.29 is 22.8 Å². The van der Waals surface area contributed by atoms with Crippen LogP contribution in [0.15, 0.2) is 42.5 Å². The lowest BCUT2D eigenvalue weighted by Gasteiger charge is -2.16. The first-order valence-corrected chi connectivity index (χ1v) is 7.98. The maximum Gasteiger partial charge on any atom is 0.416 e. The van der Waals surface area contributed by atoms with Crippen LogP contribution < -0.4 is 10.6 Å². The lowest BCUT2D eigenvalue weighted by Crippen LogP contribution is -2.30. The van der Waals surface area contributed by atoms with Crippen molar-refractivity contribution in [3.8, 4) is 0 Å². The largest absolute Gasteiger partial charge is 0.416 e. The molecule has 0 radical (unpaired) electrons. The summed E-state index contributed by atoms with van der Waals surface area (Å²) < 4.78 is 38.2. The van der Waals surface area contributed by atoms with Crippen molar-refractivity contribution in [2.45, 2.75) is 32.9 Å². The molecule has 0 heterocycles. The third-order valence-corrected chi connectivity index (χ3v) is 3.82. The summed E-state index contributed by atoms with van der Waals surface area (Å²) in [5, 5.41) is 4.74. The van der Waals surface area contributed by atoms with Crippen LogP contribution in [0.3, 0.4) is 0 Å². The van der Waals surface area contributed by atoms with Crippen LogP contribution in [-0.2, 0) is 15.8 Å². The van der Waals surface area contributed by atoms with Gasteiger partial charge in [0.2, 0.25) is 0 Å². The number of alkyl halides is 3. The molecular weight excluding hydrogens is 345 g/mol. The van der Waals surface area contributed by atoms with Gasteiger partial charge in [0.05, 0.1) is 5.56 Å². The van der Waals surface area contributed by atoms with Crippen LogP contribution in [0.25, 0.3) is 0 Å². The molecule has 0 saturated heterocycles. The molecule has 2 aromatic carbocycles. The minimum absolute atomic E-state index is 0.103. The molecule has 0 fully saturated rings. The minimum atomic E-state index is -4.53. The molecule has 2 rings (SSSR count). The van der Waals surface area contributed by atoms with Gasteiger partial charge < -0.3 is 10.6 Å². The predicted octanol–water partition coefficient (Wildman–Crippen LogP) is 4.71. The third-order valence-electron chi connectivity index (χ3n) is 3.82. The van der Waals surface area contributed by atoms with E-state index in [-0.39, 0.29) is 11.6 Å². The van der Waals surface area contributed by atoms with E-state index in [2.05, 4.69) is 10.6 Å². The highest BCUT2D eigenvalue weighted by Crippen LogP contribution is 2.31. The quantitative estimate of drug-likeness (QED) is 0.775. The Balaban J connectivity index is 2.16. The molecule has 4 nitrogen and oxygen atoms in total. The van der Waals surface area contributed by atoms with Crippen molar-refractivity contribution in [3.05, 3.63) is 59.2 Å². The van der Waals surface area contributed by atoms with Crippen LogP contribution in [0.1, 0.15) is 36.5 Å². The van der Waals surface area contributed by atoms with E-state index in [0.29, 0.717) is 5.69 Å². The summed E-state index contributed by atoms with van der Waals surface area (Å²) >= 11 is 0. The monoisotopic (exact) mass is 364 g/mol. The summed E-state index contributed by atoms with van der Waals surface area (Å²) in [4.78, 5) is 24.2. The van der Waals surface area contributed by atoms with E-state index in [1.54, 1.807) is 13.0 Å². The van der Waals surface area contributed by atoms with Crippen molar-refractivity contribution >= 4 is 23.2 Å². The minimum Gasteiger partial charge on any atom is -0.318 e. The third kappa shape index (κ3) is 4.62. The number of aryl methyl sites for hydroxylation is 1. The van der Waals surface area contributed by atoms with Crippen LogP contribution >= 0.6 is 0 Å². The maximum absolute atomic E-state index is 12.7. The number of nitrogens with one attached hydrogen (secondary N) is 2. The fourth-order valence-corrected chi connectivity index (χ4v) is 2.47. The Morgan fingerprint density at radius 2 is 1.58 bits per heavy atom. The zero-order valence-electron chi connectivity index (χ0n) is 14.6. The molecule has 138 valence electrons. The smallest absolute Gasteiger partial charge is 0.318 e. The first-order chi connectivity index (χ1) is 12.1. The Labute approximate surface area is 149 Å². The van der Waals surface area contributed by atoms with Crippen LogP contribution in [0.5, 0.6) is 0 Å². The van der Waals surface area contributed by atoms with E-state index in [9.17, 15) is 22.8 Å². The fraction of sp³-hybridized carbons (Fsp3) is 0.263. The Bertz CT molecular complexity index is 830. The number of para-hydroxylation sites is 1. The molecule has 2 amide bonds. The molecule has 0 bridgehead atoms. The van der Waals surface area contributed by atoms with Gasteiger partial charge in [0.1, 0.15) is 0 Å². The highest BCUT2D eigenvalue weighted by Gasteiger charge is 2.30. The molecule has 0 unspecified atom stereocenters. The molecule has 7 heteroatoms. The average Bonchev–Trinajstić information content (AvgIpc) is 2.55. The molecule has 0 spiro atoms. The van der Waals surface area contributed by atoms with Crippen LogP contribution in [0.2, 0.25) is 0 Å². The van der Waals surface area contributed by atoms with Crippen molar-refractivity contribution in [1.82, 2.24) is 0 Å². The van der Waals surface area contributed by atoms with Crippen molar-refractivity contribution in [2.75, 3.05) is 10.6 Å². The molecule has 0 atom stereocenters. The SMILES string of the molecule is Cc1cccc(C(C)C)c1NC(=O)C(=O)Nc1cccc(C(F)(F)F)c1. The lowest BCUT2D eigenvalue weighted by atomic mass is 9.98. The summed E-state index contributed by atoms with van der Waals surface area (Å²) in [6.07, 6.45) is -4.53. The first kappa shape index (κ1) is 19.5. The van der Waals surface area contributed by atoms with Crippen molar-refractivity contribution in [3.63, 3.8) is 0 Å². The second-order valence-electron chi connectivity index (χ2n) is 6.18. The number of halogens is 3. The summed E-state index contributed by atoms with van der Waals surface area (Å²) in [7, 11) is 0. The van der Waals surface area contributed by atoms with Gasteiger partial charge in [0, 0.05) is 11.4 Å². The van der Waals surface area contributed by atoms with Crippen LogP contribution in [0.4, 0.5) is 24.5 Å². The molecule has 0 aliphatic carbocycles. The highest BCUT2D eigenvalue weighted by molar-refractivity contribution is 6.43. The number of anilines is 2. The number of hydrogen-bond donors (Lipinski definition) is 2. The Morgan fingerprint density at radius 3 is 2.19 bits per heavy atom. The summed E-state index contributed by atoms with van der Waals surface area (Å²) in [6.45, 7) is 5.70. The molecule has 2 N–H and O–H groups in total. The lowest BCUT2D eigenvalue weighted by molar-refractivity contribution is -0.137. The van der Waals surface area contributed by atoms with Gasteiger partial charge in [-0.05, 0) is 42.2 Å². The van der Waals surface area contributed by atoms with Gasteiger partial charge in [-0.2, -0.15) is 13.2 Å². The van der Waals surface area contributed by atoms with Crippen molar-refractivity contribution in [2.24, 2.45) is 0 Å². The number of benzene rings is 2. The van der Waals surface area contributed by atoms with E-state index in [0.717, 1.165) is 29.3 Å². The van der Waals surface area contributed by atoms with E-state index < -0.39 is 23.6 Å². The second-order valence-corrected chi connectivity index (χ2v) is 6.18. The normalized spacial score (nSPS) is 11.3. The number of carbonyl (C=O) groups is 2. The first-order valence-electron chi connectivity index (χ1n) is 7.98. The van der Waals surface area contributed by atoms with E-state index in [1.807, 2.05) is 26.0 Å². The van der Waals surface area contributed by atoms with Crippen LogP contribution in [0, 0.1) is 6.92 Å². The second kappa shape index (κ2) is 7.59. The average molecular weight is 364 g/mol. The van der Waals surface area contributed by atoms with Crippen molar-refractivity contribution in [1.29, 1.82) is 0 Å². The Morgan fingerprint density at radius 1 is 0.962 bits per heavy atom. The summed E-state index contributed by atoms with van der Waals surface area (Å²) in [6, 6.07) is 9.60. The standard InChI is InChI=1S/C19H19F3N2O2/c1-11(2)15-9-4-6-12(3)16(15)24-18(26)17(25)23-14-8-5-7-13(10-14)19(20,21)22/h4-11H,1-3H3,(H,23,25)(H,24,26). The topological polar surface area (TPSA) is 58.2 Å². The van der Waals surface area contributed by atoms with Gasteiger partial charge in [-0.25, -0.2) is 0 Å². The van der Waals surface area contributed by atoms with Gasteiger partial charge >= 0.3 is 18.0 Å². The van der Waals surface area contributed by atoms with Gasteiger partial charge in [-0.15, -0.1) is 0 Å². The number of hydrogen-bond acceptors (Lipinski definition) is 2. The highest BCUT2D eigenvalue weighted by atomic mass is 19.4. The molecule has 0 aliphatic rings. The van der Waals surface area contributed by atoms with Gasteiger partial charge in [0.15, 0.2) is 0 Å². The Kier molecular flexibility index (Phi) is 5.69. The number of carbonyl (C=O) groups excluding carboxylic acids is 2. The number of amides is 2. The number of rotatable bonds is 3. The zero-order chi connectivity index (χ0) is 19.5. The maximum atomic E-state index is 12.7. The Hall–Kier alpha value is -2.83. The van der Waals surface area contributed by atoms with E-state index >= 15 is 0 Å². The molecule has 2 aromatic rings. The predicted molar refractivity (Wildman–Crippen MR) is 94.0 cm³/mol. The summed E-state index contributed by atoms with van der Waals surface area (Å²) in [5.74, 6) is -1.86. The summed E-state index contributed by atoms with van der Waals surface area (Å²) in [5.41, 5.74) is 1.18. The van der Waals surface area contributed by atoms with Gasteiger partial charge in [-0.1, -0.05) is 38.1 Å². The van der Waals surface area contributed by atoms with Gasteiger partial charge in [0.25, 0.3) is 0 Å². The molecule has 26 heavy (non-hydrogen) atoms. The van der Waals surface area contributed by atoms with Crippen LogP contribution in [-0.4, -0.2) is 11.8 Å².